The zero-order valence-electron chi connectivity index (χ0n) is 11.0. The van der Waals surface area contributed by atoms with Crippen LogP contribution in [0.15, 0.2) is 29.5 Å². The lowest BCUT2D eigenvalue weighted by Gasteiger charge is -2.09. The number of thiocarbonyl (C=S) groups is 1. The molecule has 0 heterocycles. The van der Waals surface area contributed by atoms with E-state index in [-0.39, 0.29) is 22.2 Å². The summed E-state index contributed by atoms with van der Waals surface area (Å²) in [4.78, 5) is 0.209. The summed E-state index contributed by atoms with van der Waals surface area (Å²) in [5.74, 6) is 0.155. The molecule has 0 spiro atoms. The second kappa shape index (κ2) is 5.73. The molecule has 1 fully saturated rings. The third-order valence-electron chi connectivity index (χ3n) is 3.16. The van der Waals surface area contributed by atoms with E-state index in [4.69, 9.17) is 22.7 Å². The van der Waals surface area contributed by atoms with Gasteiger partial charge in [0.1, 0.15) is 22.4 Å². The number of hydrogen-bond acceptors (Lipinski definition) is 4. The van der Waals surface area contributed by atoms with E-state index in [9.17, 15) is 5.11 Å². The van der Waals surface area contributed by atoms with Crippen LogP contribution in [-0.4, -0.2) is 10.1 Å². The standard InChI is InChI=1S/C15H13N3OS/c1-9-6-12(5-4-11(9)7-16)18-15(20)13(8-17)14(19)10-2-3-10/h4-6,10,19H,2-3H2,1H3,(H,18,20)/b14-13+. The highest BCUT2D eigenvalue weighted by atomic mass is 32.1. The van der Waals surface area contributed by atoms with Gasteiger partial charge in [0.25, 0.3) is 0 Å². The molecule has 1 aromatic rings. The van der Waals surface area contributed by atoms with Crippen molar-refractivity contribution in [1.29, 1.82) is 10.5 Å². The Balaban J connectivity index is 2.20. The number of aliphatic hydroxyl groups excluding tert-OH is 1. The van der Waals surface area contributed by atoms with Gasteiger partial charge in [-0.3, -0.25) is 0 Å². The van der Waals surface area contributed by atoms with E-state index < -0.39 is 0 Å². The molecule has 1 aliphatic rings. The maximum atomic E-state index is 9.92. The van der Waals surface area contributed by atoms with Gasteiger partial charge in [0.15, 0.2) is 0 Å². The number of nitriles is 2. The summed E-state index contributed by atoms with van der Waals surface area (Å²) in [7, 11) is 0. The van der Waals surface area contributed by atoms with Gasteiger partial charge >= 0.3 is 0 Å². The summed E-state index contributed by atoms with van der Waals surface area (Å²) in [6.07, 6.45) is 1.80. The first-order valence-electron chi connectivity index (χ1n) is 6.22. The third kappa shape index (κ3) is 2.96. The van der Waals surface area contributed by atoms with Gasteiger partial charge in [-0.1, -0.05) is 12.2 Å². The SMILES string of the molecule is Cc1cc(NC(=S)/C(C#N)=C(/O)C2CC2)ccc1C#N. The first-order chi connectivity index (χ1) is 9.56. The Labute approximate surface area is 123 Å². The van der Waals surface area contributed by atoms with E-state index in [2.05, 4.69) is 11.4 Å². The van der Waals surface area contributed by atoms with E-state index in [1.54, 1.807) is 18.2 Å². The van der Waals surface area contributed by atoms with Crippen molar-refractivity contribution in [1.82, 2.24) is 0 Å². The first-order valence-corrected chi connectivity index (χ1v) is 6.63. The maximum absolute atomic E-state index is 9.92. The van der Waals surface area contributed by atoms with Crippen LogP contribution in [0.3, 0.4) is 0 Å². The molecule has 0 saturated heterocycles. The number of benzene rings is 1. The van der Waals surface area contributed by atoms with Crippen LogP contribution in [0, 0.1) is 35.5 Å². The summed E-state index contributed by atoms with van der Waals surface area (Å²) >= 11 is 5.17. The van der Waals surface area contributed by atoms with Crippen molar-refractivity contribution in [3.63, 3.8) is 0 Å². The fourth-order valence-electron chi connectivity index (χ4n) is 1.85. The van der Waals surface area contributed by atoms with Gasteiger partial charge in [-0.05, 0) is 43.5 Å². The zero-order chi connectivity index (χ0) is 14.7. The molecular formula is C15H13N3OS. The molecule has 0 bridgehead atoms. The number of aliphatic hydroxyl groups is 1. The molecule has 2 rings (SSSR count). The minimum atomic E-state index is 0.0760. The maximum Gasteiger partial charge on any atom is 0.125 e. The molecule has 20 heavy (non-hydrogen) atoms. The van der Waals surface area contributed by atoms with Crippen molar-refractivity contribution in [3.8, 4) is 12.1 Å². The van der Waals surface area contributed by atoms with Crippen LogP contribution in [0.5, 0.6) is 0 Å². The van der Waals surface area contributed by atoms with Crippen LogP contribution in [-0.2, 0) is 0 Å². The van der Waals surface area contributed by atoms with Crippen molar-refractivity contribution in [3.05, 3.63) is 40.7 Å². The number of rotatable bonds is 3. The van der Waals surface area contributed by atoms with Gasteiger partial charge < -0.3 is 10.4 Å². The summed E-state index contributed by atoms with van der Waals surface area (Å²) < 4.78 is 0. The van der Waals surface area contributed by atoms with Crippen LogP contribution < -0.4 is 5.32 Å². The van der Waals surface area contributed by atoms with Gasteiger partial charge in [0.2, 0.25) is 0 Å². The van der Waals surface area contributed by atoms with Crippen molar-refractivity contribution in [2.75, 3.05) is 5.32 Å². The molecule has 1 aromatic carbocycles. The average Bonchev–Trinajstić information content (AvgIpc) is 3.24. The lowest BCUT2D eigenvalue weighted by molar-refractivity contribution is 0.377. The summed E-state index contributed by atoms with van der Waals surface area (Å²) in [6, 6.07) is 9.24. The zero-order valence-corrected chi connectivity index (χ0v) is 11.8. The Morgan fingerprint density at radius 3 is 2.60 bits per heavy atom. The van der Waals surface area contributed by atoms with Crippen molar-refractivity contribution in [2.24, 2.45) is 5.92 Å². The molecule has 100 valence electrons. The Morgan fingerprint density at radius 1 is 1.40 bits per heavy atom. The lowest BCUT2D eigenvalue weighted by Crippen LogP contribution is -2.14. The minimum Gasteiger partial charge on any atom is -0.511 e. The highest BCUT2D eigenvalue weighted by Gasteiger charge is 2.29. The second-order valence-electron chi connectivity index (χ2n) is 4.74. The molecule has 0 aliphatic heterocycles. The average molecular weight is 283 g/mol. The van der Waals surface area contributed by atoms with Gasteiger partial charge in [-0.15, -0.1) is 0 Å². The number of aryl methyl sites for hydroxylation is 1. The van der Waals surface area contributed by atoms with E-state index in [0.717, 1.165) is 18.4 Å². The van der Waals surface area contributed by atoms with E-state index in [1.165, 1.54) is 0 Å². The Bertz CT molecular complexity index is 675. The van der Waals surface area contributed by atoms with Gasteiger partial charge in [0.05, 0.1) is 11.6 Å². The molecule has 0 aromatic heterocycles. The highest BCUT2D eigenvalue weighted by Crippen LogP contribution is 2.36. The highest BCUT2D eigenvalue weighted by molar-refractivity contribution is 7.81. The van der Waals surface area contributed by atoms with E-state index >= 15 is 0 Å². The van der Waals surface area contributed by atoms with E-state index in [0.29, 0.717) is 11.3 Å². The lowest BCUT2D eigenvalue weighted by atomic mass is 10.1. The van der Waals surface area contributed by atoms with Crippen LogP contribution >= 0.6 is 12.2 Å². The fraction of sp³-hybridized carbons (Fsp3) is 0.267. The Hall–Kier alpha value is -2.37. The molecule has 1 saturated carbocycles. The van der Waals surface area contributed by atoms with Crippen molar-refractivity contribution in [2.45, 2.75) is 19.8 Å². The topological polar surface area (TPSA) is 79.8 Å². The molecule has 0 radical (unpaired) electrons. The second-order valence-corrected chi connectivity index (χ2v) is 5.15. The van der Waals surface area contributed by atoms with Gasteiger partial charge in [0, 0.05) is 11.6 Å². The summed E-state index contributed by atoms with van der Waals surface area (Å²) in [6.45, 7) is 1.83. The van der Waals surface area contributed by atoms with E-state index in [1.807, 2.05) is 13.0 Å². The molecule has 4 nitrogen and oxygen atoms in total. The Morgan fingerprint density at radius 2 is 2.10 bits per heavy atom. The molecule has 0 atom stereocenters. The van der Waals surface area contributed by atoms with Gasteiger partial charge in [-0.2, -0.15) is 10.5 Å². The van der Waals surface area contributed by atoms with Crippen LogP contribution in [0.1, 0.15) is 24.0 Å². The van der Waals surface area contributed by atoms with Crippen LogP contribution in [0.2, 0.25) is 0 Å². The predicted molar refractivity (Wildman–Crippen MR) is 80.1 cm³/mol. The molecule has 5 heteroatoms. The predicted octanol–water partition coefficient (Wildman–Crippen LogP) is 3.35. The van der Waals surface area contributed by atoms with Crippen LogP contribution in [0.4, 0.5) is 5.69 Å². The van der Waals surface area contributed by atoms with Crippen molar-refractivity contribution < 1.29 is 5.11 Å². The molecule has 2 N–H and O–H groups in total. The molecule has 0 amide bonds. The summed E-state index contributed by atoms with van der Waals surface area (Å²) in [5, 5.41) is 30.8. The first kappa shape index (κ1) is 14.0. The number of anilines is 1. The van der Waals surface area contributed by atoms with Crippen LogP contribution in [0.25, 0.3) is 0 Å². The monoisotopic (exact) mass is 283 g/mol. The third-order valence-corrected chi connectivity index (χ3v) is 3.47. The number of allylic oxidation sites excluding steroid dienone is 1. The smallest absolute Gasteiger partial charge is 0.125 e. The molecule has 0 unspecified atom stereocenters. The largest absolute Gasteiger partial charge is 0.511 e. The quantitative estimate of drug-likeness (QED) is 0.385. The van der Waals surface area contributed by atoms with Crippen molar-refractivity contribution >= 4 is 22.9 Å². The molecular weight excluding hydrogens is 270 g/mol. The fourth-order valence-corrected chi connectivity index (χ4v) is 2.11. The number of hydrogen-bond donors (Lipinski definition) is 2. The number of nitrogens with zero attached hydrogens (tertiary/aromatic N) is 2. The minimum absolute atomic E-state index is 0.0760. The normalized spacial score (nSPS) is 14.8. The number of nitrogens with one attached hydrogen (secondary N) is 1. The molecule has 1 aliphatic carbocycles. The summed E-state index contributed by atoms with van der Waals surface area (Å²) in [5.41, 5.74) is 2.25. The Kier molecular flexibility index (Phi) is 4.02. The van der Waals surface area contributed by atoms with Gasteiger partial charge in [-0.25, -0.2) is 0 Å².